The fourth-order valence-corrected chi connectivity index (χ4v) is 3.81. The van der Waals surface area contributed by atoms with Gasteiger partial charge in [-0.15, -0.1) is 0 Å². The molecule has 0 amide bonds. The summed E-state index contributed by atoms with van der Waals surface area (Å²) in [4.78, 5) is 27.5. The van der Waals surface area contributed by atoms with E-state index in [0.717, 1.165) is 36.4 Å². The maximum atomic E-state index is 12.7. The Morgan fingerprint density at radius 2 is 1.81 bits per heavy atom. The summed E-state index contributed by atoms with van der Waals surface area (Å²) in [6.45, 7) is 6.46. The number of piperazine rings is 1. The molecule has 0 radical (unpaired) electrons. The predicted octanol–water partition coefficient (Wildman–Crippen LogP) is 2.67. The summed E-state index contributed by atoms with van der Waals surface area (Å²) in [6.07, 6.45) is 1.47. The van der Waals surface area contributed by atoms with Gasteiger partial charge in [0.2, 0.25) is 0 Å². The van der Waals surface area contributed by atoms with E-state index >= 15 is 0 Å². The number of ether oxygens (including phenoxy) is 1. The van der Waals surface area contributed by atoms with Gasteiger partial charge < -0.3 is 10.1 Å². The van der Waals surface area contributed by atoms with Crippen LogP contribution in [0.5, 0.6) is 5.75 Å². The number of carbonyl (C=O) groups is 1. The van der Waals surface area contributed by atoms with Crippen LogP contribution >= 0.6 is 0 Å². The highest BCUT2D eigenvalue weighted by molar-refractivity contribution is 5.95. The van der Waals surface area contributed by atoms with E-state index in [2.05, 4.69) is 22.2 Å². The van der Waals surface area contributed by atoms with Crippen molar-refractivity contribution in [2.75, 3.05) is 26.2 Å². The quantitative estimate of drug-likeness (QED) is 0.552. The third-order valence-corrected chi connectivity index (χ3v) is 5.80. The number of benzene rings is 2. The van der Waals surface area contributed by atoms with Gasteiger partial charge in [0.15, 0.2) is 5.78 Å². The van der Waals surface area contributed by atoms with Crippen molar-refractivity contribution >= 4 is 5.78 Å². The highest BCUT2D eigenvalue weighted by atomic mass is 16.5. The van der Waals surface area contributed by atoms with Gasteiger partial charge in [0.05, 0.1) is 6.20 Å². The smallest absolute Gasteiger partial charge is 0.270 e. The van der Waals surface area contributed by atoms with Gasteiger partial charge >= 0.3 is 0 Å². The maximum Gasteiger partial charge on any atom is 0.270 e. The van der Waals surface area contributed by atoms with Crippen molar-refractivity contribution in [3.8, 4) is 5.75 Å². The van der Waals surface area contributed by atoms with Crippen LogP contribution in [0.25, 0.3) is 0 Å². The number of carbonyl (C=O) groups excluding carboxylic acids is 1. The van der Waals surface area contributed by atoms with Gasteiger partial charge in [-0.2, -0.15) is 5.10 Å². The van der Waals surface area contributed by atoms with Crippen LogP contribution in [0.2, 0.25) is 0 Å². The molecule has 1 saturated heterocycles. The van der Waals surface area contributed by atoms with E-state index in [9.17, 15) is 9.59 Å². The van der Waals surface area contributed by atoms with Gasteiger partial charge in [0.25, 0.3) is 5.56 Å². The minimum absolute atomic E-state index is 0.107. The Labute approximate surface area is 187 Å². The lowest BCUT2D eigenvalue weighted by atomic mass is 10.0. The third kappa shape index (κ3) is 5.49. The number of nitrogens with one attached hydrogen (secondary N) is 1. The van der Waals surface area contributed by atoms with Gasteiger partial charge in [0.1, 0.15) is 18.9 Å². The van der Waals surface area contributed by atoms with Crippen LogP contribution in [0.3, 0.4) is 0 Å². The van der Waals surface area contributed by atoms with E-state index in [1.165, 1.54) is 17.8 Å². The molecule has 32 heavy (non-hydrogen) atoms. The molecule has 2 heterocycles. The Kier molecular flexibility index (Phi) is 7.09. The Hall–Kier alpha value is -3.29. The molecule has 1 atom stereocenters. The molecule has 1 aliphatic rings. The Bertz CT molecular complexity index is 1090. The van der Waals surface area contributed by atoms with Crippen molar-refractivity contribution in [3.05, 3.63) is 93.9 Å². The largest absolute Gasteiger partial charge is 0.487 e. The minimum Gasteiger partial charge on any atom is -0.487 e. The Morgan fingerprint density at radius 3 is 2.50 bits per heavy atom. The number of nitrogens with zero attached hydrogens (tertiary/aromatic N) is 3. The number of rotatable bonds is 8. The summed E-state index contributed by atoms with van der Waals surface area (Å²) < 4.78 is 6.80. The molecule has 0 saturated carbocycles. The number of hydrogen-bond acceptors (Lipinski definition) is 6. The number of Topliss-reactive ketones (excluding diaryl/α,β-unsaturated/α-hetero) is 1. The summed E-state index contributed by atoms with van der Waals surface area (Å²) in [7, 11) is 0. The van der Waals surface area contributed by atoms with Gasteiger partial charge in [-0.1, -0.05) is 54.6 Å². The second-order valence-corrected chi connectivity index (χ2v) is 7.97. The first-order chi connectivity index (χ1) is 15.6. The first-order valence-corrected chi connectivity index (χ1v) is 10.9. The van der Waals surface area contributed by atoms with E-state index in [1.807, 2.05) is 54.6 Å². The molecule has 7 nitrogen and oxygen atoms in total. The zero-order valence-corrected chi connectivity index (χ0v) is 18.2. The monoisotopic (exact) mass is 432 g/mol. The van der Waals surface area contributed by atoms with Gasteiger partial charge in [0, 0.05) is 43.9 Å². The van der Waals surface area contributed by atoms with Crippen molar-refractivity contribution < 1.29 is 9.53 Å². The van der Waals surface area contributed by atoms with Crippen molar-refractivity contribution in [1.29, 1.82) is 0 Å². The van der Waals surface area contributed by atoms with Gasteiger partial charge in [-0.05, 0) is 18.1 Å². The molecule has 1 N–H and O–H groups in total. The lowest BCUT2D eigenvalue weighted by Crippen LogP contribution is -2.44. The second kappa shape index (κ2) is 10.3. The summed E-state index contributed by atoms with van der Waals surface area (Å²) >= 11 is 0. The van der Waals surface area contributed by atoms with E-state index in [0.29, 0.717) is 24.0 Å². The van der Waals surface area contributed by atoms with E-state index in [4.69, 9.17) is 4.74 Å². The van der Waals surface area contributed by atoms with Crippen LogP contribution in [0.15, 0.2) is 71.7 Å². The average Bonchev–Trinajstić information content (AvgIpc) is 2.85. The predicted molar refractivity (Wildman–Crippen MR) is 123 cm³/mol. The van der Waals surface area contributed by atoms with Crippen LogP contribution in [0.1, 0.15) is 34.5 Å². The van der Waals surface area contributed by atoms with Crippen LogP contribution in [-0.4, -0.2) is 46.6 Å². The molecule has 1 fully saturated rings. The lowest BCUT2D eigenvalue weighted by Gasteiger charge is -2.33. The van der Waals surface area contributed by atoms with Crippen LogP contribution in [0.4, 0.5) is 0 Å². The molecule has 1 unspecified atom stereocenters. The lowest BCUT2D eigenvalue weighted by molar-refractivity contribution is 0.0965. The zero-order chi connectivity index (χ0) is 22.3. The minimum atomic E-state index is -0.368. The van der Waals surface area contributed by atoms with Crippen molar-refractivity contribution in [3.63, 3.8) is 0 Å². The molecule has 4 rings (SSSR count). The fourth-order valence-electron chi connectivity index (χ4n) is 3.81. The highest BCUT2D eigenvalue weighted by Crippen LogP contribution is 2.21. The normalized spacial score (nSPS) is 15.3. The second-order valence-electron chi connectivity index (χ2n) is 7.97. The Morgan fingerprint density at radius 1 is 1.09 bits per heavy atom. The topological polar surface area (TPSA) is 76.5 Å². The SMILES string of the molecule is CC(c1ccc(C(=O)Cn2ncc(OCc3ccccc3)cc2=O)cc1)N1CCNCC1. The summed E-state index contributed by atoms with van der Waals surface area (Å²) in [5, 5.41) is 7.47. The summed E-state index contributed by atoms with van der Waals surface area (Å²) in [6, 6.07) is 19.0. The Balaban J connectivity index is 1.36. The van der Waals surface area contributed by atoms with Crippen LogP contribution in [-0.2, 0) is 13.2 Å². The molecule has 3 aromatic rings. The van der Waals surface area contributed by atoms with Crippen molar-refractivity contribution in [2.24, 2.45) is 0 Å². The zero-order valence-electron chi connectivity index (χ0n) is 18.2. The molecule has 0 aliphatic carbocycles. The van der Waals surface area contributed by atoms with E-state index in [1.54, 1.807) is 0 Å². The van der Waals surface area contributed by atoms with Crippen molar-refractivity contribution in [1.82, 2.24) is 20.0 Å². The van der Waals surface area contributed by atoms with Crippen LogP contribution in [0, 0.1) is 0 Å². The van der Waals surface area contributed by atoms with Crippen molar-refractivity contribution in [2.45, 2.75) is 26.1 Å². The number of aromatic nitrogens is 2. The van der Waals surface area contributed by atoms with Crippen LogP contribution < -0.4 is 15.6 Å². The standard InChI is InChI=1S/C25H28N4O3/c1-19(28-13-11-26-12-14-28)21-7-9-22(10-8-21)24(30)17-29-25(31)15-23(16-27-29)32-18-20-5-3-2-4-6-20/h2-10,15-16,19,26H,11-14,17-18H2,1H3. The van der Waals surface area contributed by atoms with E-state index in [-0.39, 0.29) is 17.9 Å². The molecule has 166 valence electrons. The third-order valence-electron chi connectivity index (χ3n) is 5.80. The maximum absolute atomic E-state index is 12.7. The molecule has 2 aromatic carbocycles. The number of ketones is 1. The highest BCUT2D eigenvalue weighted by Gasteiger charge is 2.18. The molecular formula is C25H28N4O3. The first-order valence-electron chi connectivity index (χ1n) is 10.9. The summed E-state index contributed by atoms with van der Waals surface area (Å²) in [5.41, 5.74) is 2.38. The van der Waals surface area contributed by atoms with E-state index < -0.39 is 0 Å². The molecule has 1 aromatic heterocycles. The first kappa shape index (κ1) is 21.9. The molecule has 0 spiro atoms. The molecule has 1 aliphatic heterocycles. The molecule has 7 heteroatoms. The molecule has 0 bridgehead atoms. The summed E-state index contributed by atoms with van der Waals surface area (Å²) in [5.74, 6) is 0.229. The number of hydrogen-bond donors (Lipinski definition) is 1. The fraction of sp³-hybridized carbons (Fsp3) is 0.320. The molecular weight excluding hydrogens is 404 g/mol. The van der Waals surface area contributed by atoms with Gasteiger partial charge in [-0.3, -0.25) is 14.5 Å². The average molecular weight is 433 g/mol. The van der Waals surface area contributed by atoms with Gasteiger partial charge in [-0.25, -0.2) is 4.68 Å².